The first kappa shape index (κ1) is 12.9. The highest BCUT2D eigenvalue weighted by atomic mass is 35.5. The van der Waals surface area contributed by atoms with Gasteiger partial charge in [0.2, 0.25) is 10.0 Å². The molecular formula is C12H16ClNO2S. The average molecular weight is 274 g/mol. The molecule has 1 heterocycles. The first-order valence-electron chi connectivity index (χ1n) is 5.74. The van der Waals surface area contributed by atoms with E-state index in [0.717, 1.165) is 18.4 Å². The first-order chi connectivity index (χ1) is 8.08. The molecule has 0 radical (unpaired) electrons. The highest BCUT2D eigenvalue weighted by Gasteiger charge is 2.27. The van der Waals surface area contributed by atoms with Gasteiger partial charge < -0.3 is 0 Å². The van der Waals surface area contributed by atoms with Gasteiger partial charge in [-0.15, -0.1) is 11.6 Å². The lowest BCUT2D eigenvalue weighted by Gasteiger charge is -2.28. The van der Waals surface area contributed by atoms with Gasteiger partial charge in [-0.1, -0.05) is 30.3 Å². The van der Waals surface area contributed by atoms with E-state index >= 15 is 0 Å². The van der Waals surface area contributed by atoms with Crippen molar-refractivity contribution in [2.24, 2.45) is 0 Å². The highest BCUT2D eigenvalue weighted by Crippen LogP contribution is 2.20. The molecule has 0 aliphatic carbocycles. The summed E-state index contributed by atoms with van der Waals surface area (Å²) in [7, 11) is -3.22. The molecular weight excluding hydrogens is 258 g/mol. The Hall–Kier alpha value is -0.580. The molecule has 0 N–H and O–H groups in total. The van der Waals surface area contributed by atoms with E-state index in [4.69, 9.17) is 11.6 Å². The van der Waals surface area contributed by atoms with Gasteiger partial charge in [0.1, 0.15) is 0 Å². The molecule has 1 fully saturated rings. The van der Waals surface area contributed by atoms with E-state index in [1.807, 2.05) is 30.3 Å². The number of rotatable bonds is 3. The molecule has 1 aliphatic rings. The summed E-state index contributed by atoms with van der Waals surface area (Å²) in [4.78, 5) is 0. The number of alkyl halides is 1. The van der Waals surface area contributed by atoms with Crippen molar-refractivity contribution in [3.05, 3.63) is 35.9 Å². The molecule has 1 aromatic carbocycles. The maximum Gasteiger partial charge on any atom is 0.218 e. The third kappa shape index (κ3) is 3.44. The van der Waals surface area contributed by atoms with Crippen LogP contribution in [0.3, 0.4) is 0 Å². The van der Waals surface area contributed by atoms with Crippen molar-refractivity contribution in [3.63, 3.8) is 0 Å². The van der Waals surface area contributed by atoms with Crippen LogP contribution < -0.4 is 0 Å². The topological polar surface area (TPSA) is 37.4 Å². The van der Waals surface area contributed by atoms with Crippen LogP contribution in [0, 0.1) is 0 Å². The number of hydrogen-bond donors (Lipinski definition) is 0. The molecule has 0 saturated carbocycles. The molecule has 94 valence electrons. The van der Waals surface area contributed by atoms with Gasteiger partial charge in [-0.2, -0.15) is 0 Å². The SMILES string of the molecule is O=S(=O)(Cc1ccccc1)N1CCCC(Cl)C1. The lowest BCUT2D eigenvalue weighted by atomic mass is 10.2. The van der Waals surface area contributed by atoms with Crippen LogP contribution in [0.1, 0.15) is 18.4 Å². The molecule has 0 amide bonds. The molecule has 2 rings (SSSR count). The van der Waals surface area contributed by atoms with Crippen molar-refractivity contribution in [2.45, 2.75) is 24.0 Å². The summed E-state index contributed by atoms with van der Waals surface area (Å²) in [5.41, 5.74) is 0.823. The minimum atomic E-state index is -3.22. The molecule has 1 unspecified atom stereocenters. The van der Waals surface area contributed by atoms with Crippen LogP contribution in [0.5, 0.6) is 0 Å². The summed E-state index contributed by atoms with van der Waals surface area (Å²) >= 11 is 6.01. The van der Waals surface area contributed by atoms with Gasteiger partial charge in [-0.05, 0) is 18.4 Å². The number of sulfonamides is 1. The van der Waals surface area contributed by atoms with Gasteiger partial charge in [-0.3, -0.25) is 0 Å². The number of benzene rings is 1. The Morgan fingerprint density at radius 1 is 1.29 bits per heavy atom. The average Bonchev–Trinajstić information content (AvgIpc) is 2.30. The summed E-state index contributed by atoms with van der Waals surface area (Å²) in [6.45, 7) is 1.04. The van der Waals surface area contributed by atoms with E-state index in [0.29, 0.717) is 13.1 Å². The van der Waals surface area contributed by atoms with Crippen molar-refractivity contribution in [1.29, 1.82) is 0 Å². The fourth-order valence-electron chi connectivity index (χ4n) is 2.02. The van der Waals surface area contributed by atoms with E-state index in [9.17, 15) is 8.42 Å². The Morgan fingerprint density at radius 2 is 2.00 bits per heavy atom. The summed E-state index contributed by atoms with van der Waals surface area (Å²) in [5, 5.41) is -0.0469. The largest absolute Gasteiger partial charge is 0.218 e. The van der Waals surface area contributed by atoms with Crippen molar-refractivity contribution in [1.82, 2.24) is 4.31 Å². The molecule has 0 spiro atoms. The van der Waals surface area contributed by atoms with Gasteiger partial charge in [-0.25, -0.2) is 12.7 Å². The monoisotopic (exact) mass is 273 g/mol. The molecule has 1 saturated heterocycles. The van der Waals surface area contributed by atoms with E-state index in [1.54, 1.807) is 0 Å². The van der Waals surface area contributed by atoms with E-state index in [2.05, 4.69) is 0 Å². The third-order valence-corrected chi connectivity index (χ3v) is 5.08. The molecule has 1 aromatic rings. The third-order valence-electron chi connectivity index (χ3n) is 2.91. The lowest BCUT2D eigenvalue weighted by molar-refractivity contribution is 0.350. The summed E-state index contributed by atoms with van der Waals surface area (Å²) in [6.07, 6.45) is 1.75. The molecule has 17 heavy (non-hydrogen) atoms. The Bertz CT molecular complexity index is 461. The fraction of sp³-hybridized carbons (Fsp3) is 0.500. The second kappa shape index (κ2) is 5.38. The summed E-state index contributed by atoms with van der Waals surface area (Å²) in [5.74, 6) is 0.0669. The fourth-order valence-corrected chi connectivity index (χ4v) is 4.03. The molecule has 3 nitrogen and oxygen atoms in total. The smallest absolute Gasteiger partial charge is 0.212 e. The van der Waals surface area contributed by atoms with E-state index in [-0.39, 0.29) is 11.1 Å². The second-order valence-corrected chi connectivity index (χ2v) is 6.93. The summed E-state index contributed by atoms with van der Waals surface area (Å²) < 4.78 is 25.9. The summed E-state index contributed by atoms with van der Waals surface area (Å²) in [6, 6.07) is 9.25. The Balaban J connectivity index is 2.08. The molecule has 0 aromatic heterocycles. The van der Waals surface area contributed by atoms with Crippen molar-refractivity contribution in [3.8, 4) is 0 Å². The normalized spacial score (nSPS) is 22.5. The van der Waals surface area contributed by atoms with Gasteiger partial charge >= 0.3 is 0 Å². The quantitative estimate of drug-likeness (QED) is 0.792. The van der Waals surface area contributed by atoms with Crippen LogP contribution >= 0.6 is 11.6 Å². The zero-order valence-corrected chi connectivity index (χ0v) is 11.1. The van der Waals surface area contributed by atoms with Crippen LogP contribution in [0.25, 0.3) is 0 Å². The first-order valence-corrected chi connectivity index (χ1v) is 7.78. The zero-order valence-electron chi connectivity index (χ0n) is 9.55. The predicted molar refractivity (Wildman–Crippen MR) is 69.5 cm³/mol. The maximum absolute atomic E-state index is 12.2. The number of piperidine rings is 1. The van der Waals surface area contributed by atoms with Crippen LogP contribution in [0.4, 0.5) is 0 Å². The predicted octanol–water partition coefficient (Wildman–Crippen LogP) is 2.22. The van der Waals surface area contributed by atoms with Crippen LogP contribution in [-0.4, -0.2) is 31.2 Å². The Labute approximate surface area is 107 Å². The molecule has 1 aliphatic heterocycles. The van der Waals surface area contributed by atoms with Crippen LogP contribution in [-0.2, 0) is 15.8 Å². The van der Waals surface area contributed by atoms with Gasteiger partial charge in [0, 0.05) is 18.5 Å². The van der Waals surface area contributed by atoms with Crippen LogP contribution in [0.2, 0.25) is 0 Å². The number of nitrogens with zero attached hydrogens (tertiary/aromatic N) is 1. The van der Waals surface area contributed by atoms with Gasteiger partial charge in [0.15, 0.2) is 0 Å². The standard InChI is InChI=1S/C12H16ClNO2S/c13-12-7-4-8-14(9-12)17(15,16)10-11-5-2-1-3-6-11/h1-3,5-6,12H,4,7-10H2. The van der Waals surface area contributed by atoms with Gasteiger partial charge in [0.05, 0.1) is 5.75 Å². The Kier molecular flexibility index (Phi) is 4.07. The molecule has 5 heteroatoms. The van der Waals surface area contributed by atoms with E-state index < -0.39 is 10.0 Å². The number of hydrogen-bond acceptors (Lipinski definition) is 2. The minimum absolute atomic E-state index is 0.0469. The zero-order chi connectivity index (χ0) is 12.3. The van der Waals surface area contributed by atoms with Crippen molar-refractivity contribution < 1.29 is 8.42 Å². The van der Waals surface area contributed by atoms with E-state index in [1.165, 1.54) is 4.31 Å². The van der Waals surface area contributed by atoms with Crippen molar-refractivity contribution in [2.75, 3.05) is 13.1 Å². The Morgan fingerprint density at radius 3 is 2.65 bits per heavy atom. The highest BCUT2D eigenvalue weighted by molar-refractivity contribution is 7.88. The molecule has 1 atom stereocenters. The van der Waals surface area contributed by atoms with Crippen molar-refractivity contribution >= 4 is 21.6 Å². The minimum Gasteiger partial charge on any atom is -0.212 e. The maximum atomic E-state index is 12.2. The second-order valence-electron chi connectivity index (χ2n) is 4.34. The lowest BCUT2D eigenvalue weighted by Crippen LogP contribution is -2.40. The van der Waals surface area contributed by atoms with Gasteiger partial charge in [0.25, 0.3) is 0 Å². The number of halogens is 1. The van der Waals surface area contributed by atoms with Crippen LogP contribution in [0.15, 0.2) is 30.3 Å². The molecule has 0 bridgehead atoms.